The van der Waals surface area contributed by atoms with E-state index in [9.17, 15) is 4.39 Å². The Morgan fingerprint density at radius 3 is 2.56 bits per heavy atom. The monoisotopic (exact) mass is 262 g/mol. The first-order valence-corrected chi connectivity index (χ1v) is 6.45. The number of rotatable bonds is 4. The molecule has 90 valence electrons. The molecule has 2 nitrogen and oxygen atoms in total. The lowest BCUT2D eigenvalue weighted by atomic mass is 10.2. The minimum atomic E-state index is -0.507. The van der Waals surface area contributed by atoms with Gasteiger partial charge in [-0.3, -0.25) is 0 Å². The molecule has 0 aliphatic carbocycles. The maximum Gasteiger partial charge on any atom is 0.159 e. The summed E-state index contributed by atoms with van der Waals surface area (Å²) in [5.74, 6) is 0.896. The van der Waals surface area contributed by atoms with Crippen LogP contribution in [-0.4, -0.2) is 5.75 Å². The molecule has 0 saturated carbocycles. The van der Waals surface area contributed by atoms with Gasteiger partial charge in [0, 0.05) is 0 Å². The van der Waals surface area contributed by atoms with E-state index in [1.54, 1.807) is 0 Å². The summed E-state index contributed by atoms with van der Waals surface area (Å²) in [5.41, 5.74) is 11.8. The Bertz CT molecular complexity index is 383. The Morgan fingerprint density at radius 1 is 1.38 bits per heavy atom. The smallest absolute Gasteiger partial charge is 0.159 e. The molecule has 5 heteroatoms. The third kappa shape index (κ3) is 3.19. The zero-order valence-electron chi connectivity index (χ0n) is 9.39. The summed E-state index contributed by atoms with van der Waals surface area (Å²) >= 11 is 7.11. The normalized spacial score (nSPS) is 11.1. The number of halogens is 2. The minimum absolute atomic E-state index is 0.0405. The van der Waals surface area contributed by atoms with E-state index in [0.29, 0.717) is 16.5 Å². The van der Waals surface area contributed by atoms with Crippen molar-refractivity contribution in [2.45, 2.75) is 25.2 Å². The Balaban J connectivity index is 2.84. The first-order chi connectivity index (χ1) is 7.43. The van der Waals surface area contributed by atoms with Crippen LogP contribution in [0.15, 0.2) is 11.0 Å². The molecule has 0 fully saturated rings. The molecule has 0 spiro atoms. The highest BCUT2D eigenvalue weighted by Gasteiger charge is 2.14. The molecular weight excluding hydrogens is 247 g/mol. The predicted molar refractivity (Wildman–Crippen MR) is 70.4 cm³/mol. The molecule has 0 aliphatic rings. The average Bonchev–Trinajstić information content (AvgIpc) is 2.19. The minimum Gasteiger partial charge on any atom is -0.398 e. The van der Waals surface area contributed by atoms with Crippen LogP contribution in [0, 0.1) is 11.7 Å². The Labute approximate surface area is 105 Å². The van der Waals surface area contributed by atoms with Gasteiger partial charge in [-0.1, -0.05) is 25.4 Å². The molecule has 16 heavy (non-hydrogen) atoms. The van der Waals surface area contributed by atoms with Gasteiger partial charge in [0.05, 0.1) is 16.3 Å². The molecule has 1 aromatic carbocycles. The fourth-order valence-electron chi connectivity index (χ4n) is 1.19. The van der Waals surface area contributed by atoms with Crippen LogP contribution in [0.5, 0.6) is 0 Å². The fraction of sp³-hybridized carbons (Fsp3) is 0.455. The molecule has 0 atom stereocenters. The summed E-state index contributed by atoms with van der Waals surface area (Å²) in [4.78, 5) is 0.403. The van der Waals surface area contributed by atoms with E-state index in [-0.39, 0.29) is 10.7 Å². The van der Waals surface area contributed by atoms with Crippen LogP contribution in [0.2, 0.25) is 5.02 Å². The summed E-state index contributed by atoms with van der Waals surface area (Å²) in [6.07, 6.45) is 1.01. The highest BCUT2D eigenvalue weighted by Crippen LogP contribution is 2.36. The molecule has 1 rings (SSSR count). The van der Waals surface area contributed by atoms with Crippen molar-refractivity contribution in [3.63, 3.8) is 0 Å². The van der Waals surface area contributed by atoms with Gasteiger partial charge in [-0.05, 0) is 24.2 Å². The summed E-state index contributed by atoms with van der Waals surface area (Å²) in [7, 11) is 0. The van der Waals surface area contributed by atoms with Crippen LogP contribution >= 0.6 is 23.4 Å². The standard InChI is InChI=1S/C11H16ClFN2S/c1-6(2)3-4-16-11-8(15)5-7(14)9(12)10(11)13/h5-6H,3-4,14-15H2,1-2H3. The van der Waals surface area contributed by atoms with Crippen molar-refractivity contribution < 1.29 is 4.39 Å². The molecule has 0 unspecified atom stereocenters. The first kappa shape index (κ1) is 13.5. The predicted octanol–water partition coefficient (Wildman–Crippen LogP) is 3.78. The van der Waals surface area contributed by atoms with Gasteiger partial charge in [0.15, 0.2) is 5.82 Å². The second kappa shape index (κ2) is 5.64. The quantitative estimate of drug-likeness (QED) is 0.641. The van der Waals surface area contributed by atoms with Gasteiger partial charge in [0.1, 0.15) is 5.02 Å². The van der Waals surface area contributed by atoms with Crippen LogP contribution in [0.25, 0.3) is 0 Å². The number of hydrogen-bond acceptors (Lipinski definition) is 3. The Morgan fingerprint density at radius 2 is 2.00 bits per heavy atom. The summed E-state index contributed by atoms with van der Waals surface area (Å²) in [5, 5.41) is -0.0405. The van der Waals surface area contributed by atoms with Crippen molar-refractivity contribution in [2.24, 2.45) is 5.92 Å². The van der Waals surface area contributed by atoms with Gasteiger partial charge in [0.2, 0.25) is 0 Å². The second-order valence-corrected chi connectivity index (χ2v) is 5.53. The molecule has 4 N–H and O–H groups in total. The summed E-state index contributed by atoms with van der Waals surface area (Å²) in [6, 6.07) is 1.50. The molecule has 0 heterocycles. The van der Waals surface area contributed by atoms with Crippen LogP contribution in [0.4, 0.5) is 15.8 Å². The average molecular weight is 263 g/mol. The van der Waals surface area contributed by atoms with Crippen LogP contribution in [0.3, 0.4) is 0 Å². The Kier molecular flexibility index (Phi) is 4.74. The molecule has 0 aliphatic heterocycles. The number of benzene rings is 1. The summed E-state index contributed by atoms with van der Waals surface area (Å²) < 4.78 is 13.7. The zero-order chi connectivity index (χ0) is 12.3. The van der Waals surface area contributed by atoms with E-state index < -0.39 is 5.82 Å². The summed E-state index contributed by atoms with van der Waals surface area (Å²) in [6.45, 7) is 4.24. The van der Waals surface area contributed by atoms with E-state index in [0.717, 1.165) is 12.2 Å². The van der Waals surface area contributed by atoms with E-state index in [1.165, 1.54) is 17.8 Å². The molecule has 0 aromatic heterocycles. The third-order valence-electron chi connectivity index (χ3n) is 2.16. The lowest BCUT2D eigenvalue weighted by Gasteiger charge is -2.10. The highest BCUT2D eigenvalue weighted by molar-refractivity contribution is 7.99. The first-order valence-electron chi connectivity index (χ1n) is 5.09. The van der Waals surface area contributed by atoms with Gasteiger partial charge >= 0.3 is 0 Å². The SMILES string of the molecule is CC(C)CCSc1c(N)cc(N)c(Cl)c1F. The van der Waals surface area contributed by atoms with Crippen LogP contribution in [-0.2, 0) is 0 Å². The third-order valence-corrected chi connectivity index (χ3v) is 3.69. The van der Waals surface area contributed by atoms with Gasteiger partial charge in [0.25, 0.3) is 0 Å². The van der Waals surface area contributed by atoms with E-state index >= 15 is 0 Å². The number of nitrogen functional groups attached to an aromatic ring is 2. The highest BCUT2D eigenvalue weighted by atomic mass is 35.5. The van der Waals surface area contributed by atoms with Crippen molar-refractivity contribution in [2.75, 3.05) is 17.2 Å². The van der Waals surface area contributed by atoms with Gasteiger partial charge in [-0.2, -0.15) is 0 Å². The van der Waals surface area contributed by atoms with Crippen LogP contribution < -0.4 is 11.5 Å². The van der Waals surface area contributed by atoms with E-state index in [2.05, 4.69) is 13.8 Å². The lowest BCUT2D eigenvalue weighted by molar-refractivity contribution is 0.603. The fourth-order valence-corrected chi connectivity index (χ4v) is 2.65. The maximum atomic E-state index is 13.7. The Hall–Kier alpha value is -0.610. The van der Waals surface area contributed by atoms with E-state index in [1.807, 2.05) is 0 Å². The largest absolute Gasteiger partial charge is 0.398 e. The second-order valence-electron chi connectivity index (χ2n) is 4.04. The molecule has 0 amide bonds. The van der Waals surface area contributed by atoms with Crippen molar-refractivity contribution in [3.05, 3.63) is 16.9 Å². The van der Waals surface area contributed by atoms with Crippen molar-refractivity contribution >= 4 is 34.7 Å². The zero-order valence-corrected chi connectivity index (χ0v) is 11.0. The molecule has 1 aromatic rings. The molecule has 0 saturated heterocycles. The number of anilines is 2. The van der Waals surface area contributed by atoms with Gasteiger partial charge in [-0.15, -0.1) is 11.8 Å². The van der Waals surface area contributed by atoms with Crippen molar-refractivity contribution in [1.29, 1.82) is 0 Å². The number of hydrogen-bond donors (Lipinski definition) is 2. The molecular formula is C11H16ClFN2S. The van der Waals surface area contributed by atoms with Crippen LogP contribution in [0.1, 0.15) is 20.3 Å². The number of thioether (sulfide) groups is 1. The lowest BCUT2D eigenvalue weighted by Crippen LogP contribution is -1.99. The molecule has 0 bridgehead atoms. The maximum absolute atomic E-state index is 13.7. The van der Waals surface area contributed by atoms with E-state index in [4.69, 9.17) is 23.1 Å². The molecule has 0 radical (unpaired) electrons. The van der Waals surface area contributed by atoms with Crippen molar-refractivity contribution in [1.82, 2.24) is 0 Å². The van der Waals surface area contributed by atoms with Gasteiger partial charge < -0.3 is 11.5 Å². The number of nitrogens with two attached hydrogens (primary N) is 2. The topological polar surface area (TPSA) is 52.0 Å². The van der Waals surface area contributed by atoms with Crippen molar-refractivity contribution in [3.8, 4) is 0 Å². The van der Waals surface area contributed by atoms with Gasteiger partial charge in [-0.25, -0.2) is 4.39 Å².